The van der Waals surface area contributed by atoms with E-state index < -0.39 is 5.97 Å². The Morgan fingerprint density at radius 1 is 1.33 bits per heavy atom. The molecule has 0 spiro atoms. The number of nitrogens with zero attached hydrogens (tertiary/aromatic N) is 1. The Morgan fingerprint density at radius 2 is 2.17 bits per heavy atom. The number of rotatable bonds is 2. The van der Waals surface area contributed by atoms with Gasteiger partial charge >= 0.3 is 5.97 Å². The SMILES string of the molecule is O=C(O)c1ccc2nc(-c3sccc3Cl)sc2c1. The van der Waals surface area contributed by atoms with Crippen LogP contribution in [0.5, 0.6) is 0 Å². The highest BCUT2D eigenvalue weighted by atomic mass is 35.5. The molecule has 0 aliphatic rings. The first-order chi connectivity index (χ1) is 8.65. The van der Waals surface area contributed by atoms with Crippen molar-refractivity contribution in [2.45, 2.75) is 0 Å². The van der Waals surface area contributed by atoms with Gasteiger partial charge in [0.25, 0.3) is 0 Å². The highest BCUT2D eigenvalue weighted by Crippen LogP contribution is 2.38. The fraction of sp³-hybridized carbons (Fsp3) is 0. The summed E-state index contributed by atoms with van der Waals surface area (Å²) < 4.78 is 0.856. The second-order valence-electron chi connectivity index (χ2n) is 3.60. The van der Waals surface area contributed by atoms with E-state index in [0.717, 1.165) is 20.1 Å². The lowest BCUT2D eigenvalue weighted by atomic mass is 10.2. The van der Waals surface area contributed by atoms with E-state index in [-0.39, 0.29) is 5.56 Å². The lowest BCUT2D eigenvalue weighted by Crippen LogP contribution is -1.94. The number of carboxylic acids is 1. The van der Waals surface area contributed by atoms with E-state index in [1.165, 1.54) is 22.7 Å². The number of benzene rings is 1. The smallest absolute Gasteiger partial charge is 0.335 e. The first-order valence-electron chi connectivity index (χ1n) is 5.02. The van der Waals surface area contributed by atoms with Crippen molar-refractivity contribution in [2.24, 2.45) is 0 Å². The Morgan fingerprint density at radius 3 is 2.83 bits per heavy atom. The second kappa shape index (κ2) is 4.35. The molecule has 0 aliphatic carbocycles. The van der Waals surface area contributed by atoms with E-state index in [9.17, 15) is 4.79 Å². The van der Waals surface area contributed by atoms with Crippen LogP contribution >= 0.6 is 34.3 Å². The zero-order valence-corrected chi connectivity index (χ0v) is 11.3. The number of aromatic carboxylic acids is 1. The topological polar surface area (TPSA) is 50.2 Å². The number of hydrogen-bond donors (Lipinski definition) is 1. The van der Waals surface area contributed by atoms with Crippen molar-refractivity contribution in [1.29, 1.82) is 0 Å². The molecule has 0 amide bonds. The normalized spacial score (nSPS) is 10.9. The van der Waals surface area contributed by atoms with Gasteiger partial charge in [0, 0.05) is 0 Å². The number of hydrogen-bond acceptors (Lipinski definition) is 4. The molecule has 2 aromatic heterocycles. The summed E-state index contributed by atoms with van der Waals surface area (Å²) >= 11 is 9.05. The minimum Gasteiger partial charge on any atom is -0.478 e. The molecular weight excluding hydrogens is 290 g/mol. The Kier molecular flexibility index (Phi) is 2.81. The van der Waals surface area contributed by atoms with Crippen molar-refractivity contribution in [3.8, 4) is 9.88 Å². The van der Waals surface area contributed by atoms with Crippen molar-refractivity contribution in [3.63, 3.8) is 0 Å². The molecule has 18 heavy (non-hydrogen) atoms. The number of carboxylic acid groups (broad SMARTS) is 1. The van der Waals surface area contributed by atoms with Gasteiger partial charge in [-0.1, -0.05) is 11.6 Å². The summed E-state index contributed by atoms with van der Waals surface area (Å²) in [5.41, 5.74) is 1.07. The zero-order chi connectivity index (χ0) is 12.7. The van der Waals surface area contributed by atoms with Gasteiger partial charge in [0.1, 0.15) is 5.01 Å². The first kappa shape index (κ1) is 11.6. The van der Waals surface area contributed by atoms with E-state index in [2.05, 4.69) is 4.98 Å². The van der Waals surface area contributed by atoms with Crippen LogP contribution < -0.4 is 0 Å². The second-order valence-corrected chi connectivity index (χ2v) is 5.96. The summed E-state index contributed by atoms with van der Waals surface area (Å²) in [5, 5.41) is 12.4. The van der Waals surface area contributed by atoms with Gasteiger partial charge in [-0.05, 0) is 29.6 Å². The molecular formula is C12H6ClNO2S2. The van der Waals surface area contributed by atoms with Crippen LogP contribution in [0.2, 0.25) is 5.02 Å². The third kappa shape index (κ3) is 1.90. The summed E-state index contributed by atoms with van der Waals surface area (Å²) in [5.74, 6) is -0.930. The van der Waals surface area contributed by atoms with Crippen LogP contribution in [0, 0.1) is 0 Å². The monoisotopic (exact) mass is 295 g/mol. The fourth-order valence-electron chi connectivity index (χ4n) is 1.60. The molecule has 3 rings (SSSR count). The molecule has 2 heterocycles. The lowest BCUT2D eigenvalue weighted by Gasteiger charge is -1.91. The number of halogens is 1. The quantitative estimate of drug-likeness (QED) is 0.763. The molecule has 1 N–H and O–H groups in total. The summed E-state index contributed by atoms with van der Waals surface area (Å²) in [6.07, 6.45) is 0. The van der Waals surface area contributed by atoms with Crippen LogP contribution in [0.15, 0.2) is 29.6 Å². The van der Waals surface area contributed by atoms with Crippen LogP contribution in [0.4, 0.5) is 0 Å². The summed E-state index contributed by atoms with van der Waals surface area (Å²) in [7, 11) is 0. The summed E-state index contributed by atoms with van der Waals surface area (Å²) in [6.45, 7) is 0. The number of fused-ring (bicyclic) bond motifs is 1. The Labute approximate surface area is 115 Å². The maximum atomic E-state index is 10.9. The van der Waals surface area contributed by atoms with E-state index in [0.29, 0.717) is 5.02 Å². The molecule has 0 aliphatic heterocycles. The van der Waals surface area contributed by atoms with Gasteiger partial charge < -0.3 is 5.11 Å². The van der Waals surface area contributed by atoms with Gasteiger partial charge in [0.05, 0.1) is 25.7 Å². The third-order valence-electron chi connectivity index (χ3n) is 2.45. The number of thiazole rings is 1. The van der Waals surface area contributed by atoms with Crippen LogP contribution in [0.25, 0.3) is 20.1 Å². The van der Waals surface area contributed by atoms with E-state index in [1.807, 2.05) is 11.4 Å². The average molecular weight is 296 g/mol. The summed E-state index contributed by atoms with van der Waals surface area (Å²) in [4.78, 5) is 16.3. The van der Waals surface area contributed by atoms with Crippen LogP contribution in [0.3, 0.4) is 0 Å². The highest BCUT2D eigenvalue weighted by Gasteiger charge is 2.12. The molecule has 0 fully saturated rings. The van der Waals surface area contributed by atoms with Crippen LogP contribution in [0.1, 0.15) is 10.4 Å². The standard InChI is InChI=1S/C12H6ClNO2S2/c13-7-3-4-17-10(7)11-14-8-2-1-6(12(15)16)5-9(8)18-11/h1-5H,(H,15,16). The molecule has 90 valence electrons. The lowest BCUT2D eigenvalue weighted by molar-refractivity contribution is 0.0697. The van der Waals surface area contributed by atoms with Crippen molar-refractivity contribution in [3.05, 3.63) is 40.2 Å². The van der Waals surface area contributed by atoms with Crippen molar-refractivity contribution in [2.75, 3.05) is 0 Å². The van der Waals surface area contributed by atoms with Gasteiger partial charge in [-0.3, -0.25) is 0 Å². The zero-order valence-electron chi connectivity index (χ0n) is 8.88. The minimum absolute atomic E-state index is 0.273. The Balaban J connectivity index is 2.17. The minimum atomic E-state index is -0.930. The fourth-order valence-corrected chi connectivity index (χ4v) is 3.91. The van der Waals surface area contributed by atoms with Crippen molar-refractivity contribution < 1.29 is 9.90 Å². The van der Waals surface area contributed by atoms with E-state index >= 15 is 0 Å². The maximum absolute atomic E-state index is 10.9. The molecule has 3 nitrogen and oxygen atoms in total. The van der Waals surface area contributed by atoms with Gasteiger partial charge in [-0.2, -0.15) is 0 Å². The summed E-state index contributed by atoms with van der Waals surface area (Å²) in [6, 6.07) is 6.75. The molecule has 0 bridgehead atoms. The predicted molar refractivity (Wildman–Crippen MR) is 74.9 cm³/mol. The molecule has 0 saturated heterocycles. The predicted octanol–water partition coefficient (Wildman–Crippen LogP) is 4.38. The van der Waals surface area contributed by atoms with Crippen molar-refractivity contribution in [1.82, 2.24) is 4.98 Å². The van der Waals surface area contributed by atoms with E-state index in [1.54, 1.807) is 18.2 Å². The first-order valence-corrected chi connectivity index (χ1v) is 7.10. The molecule has 0 unspecified atom stereocenters. The Bertz CT molecular complexity index is 747. The molecule has 0 saturated carbocycles. The molecule has 0 atom stereocenters. The third-order valence-corrected chi connectivity index (χ3v) is 4.96. The molecule has 1 aromatic carbocycles. The maximum Gasteiger partial charge on any atom is 0.335 e. The van der Waals surface area contributed by atoms with Gasteiger partial charge in [-0.25, -0.2) is 9.78 Å². The van der Waals surface area contributed by atoms with Crippen LogP contribution in [-0.2, 0) is 0 Å². The number of carbonyl (C=O) groups is 1. The largest absolute Gasteiger partial charge is 0.478 e. The Hall–Kier alpha value is -1.43. The van der Waals surface area contributed by atoms with Crippen molar-refractivity contribution >= 4 is 50.5 Å². The number of aromatic nitrogens is 1. The van der Waals surface area contributed by atoms with E-state index in [4.69, 9.17) is 16.7 Å². The average Bonchev–Trinajstić information content (AvgIpc) is 2.92. The highest BCUT2D eigenvalue weighted by molar-refractivity contribution is 7.25. The molecule has 3 aromatic rings. The van der Waals surface area contributed by atoms with Gasteiger partial charge in [0.15, 0.2) is 0 Å². The van der Waals surface area contributed by atoms with Crippen LogP contribution in [-0.4, -0.2) is 16.1 Å². The molecule has 6 heteroatoms. The van der Waals surface area contributed by atoms with Gasteiger partial charge in [-0.15, -0.1) is 22.7 Å². The number of thiophene rings is 1. The van der Waals surface area contributed by atoms with Gasteiger partial charge in [0.2, 0.25) is 0 Å². The molecule has 0 radical (unpaired) electrons.